The molecule has 0 aliphatic carbocycles. The summed E-state index contributed by atoms with van der Waals surface area (Å²) >= 11 is 0. The van der Waals surface area contributed by atoms with Gasteiger partial charge in [0.05, 0.1) is 11.0 Å². The van der Waals surface area contributed by atoms with Crippen molar-refractivity contribution in [2.75, 3.05) is 4.90 Å². The van der Waals surface area contributed by atoms with Crippen LogP contribution in [0.4, 0.5) is 17.1 Å². The van der Waals surface area contributed by atoms with Gasteiger partial charge in [-0.3, -0.25) is 0 Å². The number of anilines is 3. The molecule has 0 N–H and O–H groups in total. The zero-order valence-electron chi connectivity index (χ0n) is 38.5. The molecule has 0 saturated carbocycles. The second kappa shape index (κ2) is 17.4. The van der Waals surface area contributed by atoms with E-state index in [0.717, 1.165) is 28.3 Å². The van der Waals surface area contributed by atoms with E-state index in [1.54, 1.807) is 0 Å². The van der Waals surface area contributed by atoms with E-state index in [4.69, 9.17) is 0 Å². The van der Waals surface area contributed by atoms with Crippen molar-refractivity contribution in [3.05, 3.63) is 279 Å². The van der Waals surface area contributed by atoms with Gasteiger partial charge in [0.25, 0.3) is 0 Å². The first-order valence-corrected chi connectivity index (χ1v) is 24.1. The van der Waals surface area contributed by atoms with Gasteiger partial charge in [0.15, 0.2) is 0 Å². The highest BCUT2D eigenvalue weighted by molar-refractivity contribution is 6.10. The number of fused-ring (bicyclic) bond motifs is 5. The lowest BCUT2D eigenvalue weighted by Crippen LogP contribution is -2.09. The lowest BCUT2D eigenvalue weighted by Gasteiger charge is -2.26. The Morgan fingerprint density at radius 2 is 0.586 bits per heavy atom. The largest absolute Gasteiger partial charge is 0.311 e. The van der Waals surface area contributed by atoms with Crippen molar-refractivity contribution in [1.29, 1.82) is 0 Å². The first-order valence-electron chi connectivity index (χ1n) is 24.1. The molecular weight excluding hydrogens is 845 g/mol. The fourth-order valence-electron chi connectivity index (χ4n) is 10.7. The van der Waals surface area contributed by atoms with Crippen molar-refractivity contribution in [2.24, 2.45) is 0 Å². The summed E-state index contributed by atoms with van der Waals surface area (Å²) in [6, 6.07) is 102. The van der Waals surface area contributed by atoms with Crippen LogP contribution in [-0.4, -0.2) is 4.57 Å². The maximum Gasteiger partial charge on any atom is 0.0541 e. The average Bonchev–Trinajstić information content (AvgIpc) is 3.78. The molecule has 0 unspecified atom stereocenters. The third-order valence-electron chi connectivity index (χ3n) is 14.0. The van der Waals surface area contributed by atoms with Crippen LogP contribution < -0.4 is 4.90 Å². The van der Waals surface area contributed by atoms with E-state index in [9.17, 15) is 0 Å². The maximum absolute atomic E-state index is 2.39. The normalized spacial score (nSPS) is 11.4. The second-order valence-electron chi connectivity index (χ2n) is 18.0. The van der Waals surface area contributed by atoms with Gasteiger partial charge < -0.3 is 9.47 Å². The number of benzene rings is 12. The smallest absolute Gasteiger partial charge is 0.0541 e. The Balaban J connectivity index is 0.905. The third kappa shape index (κ3) is 7.22. The van der Waals surface area contributed by atoms with Crippen LogP contribution in [0.15, 0.2) is 279 Å². The molecule has 13 aromatic rings. The molecule has 328 valence electrons. The van der Waals surface area contributed by atoms with Gasteiger partial charge in [0.1, 0.15) is 0 Å². The predicted octanol–water partition coefficient (Wildman–Crippen LogP) is 18.9. The molecule has 0 aliphatic heterocycles. The van der Waals surface area contributed by atoms with E-state index in [0.29, 0.717) is 0 Å². The minimum absolute atomic E-state index is 1.08. The van der Waals surface area contributed by atoms with Crippen LogP contribution in [0.2, 0.25) is 0 Å². The highest BCUT2D eigenvalue weighted by atomic mass is 15.1. The minimum Gasteiger partial charge on any atom is -0.311 e. The van der Waals surface area contributed by atoms with Gasteiger partial charge >= 0.3 is 0 Å². The molecule has 0 spiro atoms. The lowest BCUT2D eigenvalue weighted by molar-refractivity contribution is 1.18. The Kier molecular flexibility index (Phi) is 10.2. The topological polar surface area (TPSA) is 8.17 Å². The van der Waals surface area contributed by atoms with Gasteiger partial charge in [0.2, 0.25) is 0 Å². The summed E-state index contributed by atoms with van der Waals surface area (Å²) in [6.07, 6.45) is 0. The molecule has 1 aromatic heterocycles. The van der Waals surface area contributed by atoms with Crippen molar-refractivity contribution < 1.29 is 0 Å². The van der Waals surface area contributed by atoms with E-state index >= 15 is 0 Å². The monoisotopic (exact) mass is 890 g/mol. The van der Waals surface area contributed by atoms with E-state index in [1.165, 1.54) is 93.4 Å². The number of hydrogen-bond acceptors (Lipinski definition) is 1. The van der Waals surface area contributed by atoms with Crippen LogP contribution in [0.5, 0.6) is 0 Å². The van der Waals surface area contributed by atoms with Crippen LogP contribution >= 0.6 is 0 Å². The molecule has 0 saturated heterocycles. The molecule has 0 atom stereocenters. The van der Waals surface area contributed by atoms with Gasteiger partial charge in [0, 0.05) is 33.5 Å². The molecule has 1 heterocycles. The van der Waals surface area contributed by atoms with E-state index in [1.807, 2.05) is 0 Å². The first kappa shape index (κ1) is 41.0. The maximum atomic E-state index is 2.39. The molecule has 2 nitrogen and oxygen atoms in total. The van der Waals surface area contributed by atoms with E-state index in [-0.39, 0.29) is 0 Å². The Morgan fingerprint density at radius 3 is 1.01 bits per heavy atom. The van der Waals surface area contributed by atoms with E-state index in [2.05, 4.69) is 289 Å². The lowest BCUT2D eigenvalue weighted by atomic mass is 9.91. The fraction of sp³-hybridized carbons (Fsp3) is 0. The summed E-state index contributed by atoms with van der Waals surface area (Å²) in [6.45, 7) is 0. The number of rotatable bonds is 9. The third-order valence-corrected chi connectivity index (χ3v) is 14.0. The predicted molar refractivity (Wildman–Crippen MR) is 298 cm³/mol. The zero-order valence-corrected chi connectivity index (χ0v) is 38.5. The summed E-state index contributed by atoms with van der Waals surface area (Å²) in [5.41, 5.74) is 18.8. The van der Waals surface area contributed by atoms with Crippen LogP contribution in [-0.2, 0) is 0 Å². The molecule has 0 fully saturated rings. The van der Waals surface area contributed by atoms with Crippen LogP contribution in [0, 0.1) is 0 Å². The molecular formula is C68H46N2. The summed E-state index contributed by atoms with van der Waals surface area (Å²) in [7, 11) is 0. The second-order valence-corrected chi connectivity index (χ2v) is 18.0. The highest BCUT2D eigenvalue weighted by Gasteiger charge is 2.18. The Bertz CT molecular complexity index is 3790. The molecule has 2 heteroatoms. The number of nitrogens with zero attached hydrogens (tertiary/aromatic N) is 2. The average molecular weight is 891 g/mol. The summed E-state index contributed by atoms with van der Waals surface area (Å²) in [5.74, 6) is 0. The number of aromatic nitrogens is 1. The molecule has 0 bridgehead atoms. The first-order chi connectivity index (χ1) is 34.7. The van der Waals surface area contributed by atoms with Gasteiger partial charge in [-0.1, -0.05) is 218 Å². The van der Waals surface area contributed by atoms with Crippen molar-refractivity contribution >= 4 is 60.4 Å². The minimum atomic E-state index is 1.08. The van der Waals surface area contributed by atoms with Gasteiger partial charge in [-0.05, 0) is 138 Å². The van der Waals surface area contributed by atoms with Crippen LogP contribution in [0.3, 0.4) is 0 Å². The Hall–Kier alpha value is -9.24. The Morgan fingerprint density at radius 1 is 0.243 bits per heavy atom. The standard InChI is InChI=1S/C68H46N2/c1-3-16-48(17-4-1)59-28-12-20-52-22-14-30-61(67(52)59)50-36-42-56(43-37-50)69(57-44-38-51(39-45-57)62-31-15-23-53-21-13-29-60(68(53)62)49-18-5-2-6-19-49)55-40-34-47(35-41-55)54-24-11-25-58(46-54)70-65-32-9-7-26-63(65)64-27-8-10-33-66(64)70/h1-46H. The van der Waals surface area contributed by atoms with Crippen molar-refractivity contribution in [3.63, 3.8) is 0 Å². The Labute approximate surface area is 408 Å². The zero-order chi connectivity index (χ0) is 46.4. The van der Waals surface area contributed by atoms with Crippen LogP contribution in [0.25, 0.3) is 105 Å². The summed E-state index contributed by atoms with van der Waals surface area (Å²) in [4.78, 5) is 2.38. The summed E-state index contributed by atoms with van der Waals surface area (Å²) < 4.78 is 2.39. The molecule has 13 rings (SSSR count). The summed E-state index contributed by atoms with van der Waals surface area (Å²) in [5, 5.41) is 7.50. The molecule has 70 heavy (non-hydrogen) atoms. The van der Waals surface area contributed by atoms with E-state index < -0.39 is 0 Å². The number of para-hydroxylation sites is 2. The van der Waals surface area contributed by atoms with Crippen LogP contribution in [0.1, 0.15) is 0 Å². The quantitative estimate of drug-likeness (QED) is 0.140. The molecule has 0 aliphatic rings. The van der Waals surface area contributed by atoms with Crippen molar-refractivity contribution in [1.82, 2.24) is 4.57 Å². The molecule has 0 amide bonds. The number of hydrogen-bond donors (Lipinski definition) is 0. The SMILES string of the molecule is c1ccc(-c2cccc3cccc(-c4ccc(N(c5ccc(-c6cccc(-n7c8ccccc8c8ccccc87)c6)cc5)c5ccc(-c6cccc7cccc(-c8ccccc8)c67)cc5)cc4)c23)cc1. The highest BCUT2D eigenvalue weighted by Crippen LogP contribution is 2.43. The van der Waals surface area contributed by atoms with Crippen molar-refractivity contribution in [2.45, 2.75) is 0 Å². The molecule has 0 radical (unpaired) electrons. The molecule has 12 aromatic carbocycles. The fourth-order valence-corrected chi connectivity index (χ4v) is 10.7. The van der Waals surface area contributed by atoms with Crippen molar-refractivity contribution in [3.8, 4) is 61.3 Å². The van der Waals surface area contributed by atoms with Gasteiger partial charge in [-0.15, -0.1) is 0 Å². The van der Waals surface area contributed by atoms with Gasteiger partial charge in [-0.2, -0.15) is 0 Å². The van der Waals surface area contributed by atoms with Gasteiger partial charge in [-0.25, -0.2) is 0 Å².